The molecule has 3 fully saturated rings. The van der Waals surface area contributed by atoms with Crippen LogP contribution in [0.1, 0.15) is 52.4 Å². The van der Waals surface area contributed by atoms with Crippen LogP contribution in [0.5, 0.6) is 0 Å². The molecule has 3 rings (SSSR count). The molecular weight excluding hydrogens is 268 g/mol. The van der Waals surface area contributed by atoms with Gasteiger partial charge in [0.05, 0.1) is 5.92 Å². The molecule has 2 amide bonds. The number of aliphatic carboxylic acids is 1. The average Bonchev–Trinajstić information content (AvgIpc) is 3.01. The number of hydrogen-bond acceptors (Lipinski definition) is 2. The highest BCUT2D eigenvalue weighted by Crippen LogP contribution is 2.42. The lowest BCUT2D eigenvalue weighted by Gasteiger charge is -2.36. The van der Waals surface area contributed by atoms with Gasteiger partial charge in [-0.15, -0.1) is 0 Å². The lowest BCUT2D eigenvalue weighted by Crippen LogP contribution is -2.51. The summed E-state index contributed by atoms with van der Waals surface area (Å²) < 4.78 is 0. The summed E-state index contributed by atoms with van der Waals surface area (Å²) in [7, 11) is 0. The third-order valence-electron chi connectivity index (χ3n) is 6.10. The van der Waals surface area contributed by atoms with Crippen LogP contribution in [0, 0.1) is 17.8 Å². The normalized spacial score (nSPS) is 42.1. The molecule has 6 atom stereocenters. The van der Waals surface area contributed by atoms with Gasteiger partial charge in [-0.3, -0.25) is 4.79 Å². The van der Waals surface area contributed by atoms with Gasteiger partial charge in [0.15, 0.2) is 0 Å². The average molecular weight is 294 g/mol. The third-order valence-corrected chi connectivity index (χ3v) is 6.10. The van der Waals surface area contributed by atoms with Crippen LogP contribution in [-0.2, 0) is 4.79 Å². The van der Waals surface area contributed by atoms with E-state index in [0.717, 1.165) is 19.3 Å². The van der Waals surface area contributed by atoms with Gasteiger partial charge in [0, 0.05) is 18.1 Å². The van der Waals surface area contributed by atoms with Crippen LogP contribution in [0.25, 0.3) is 0 Å². The van der Waals surface area contributed by atoms with E-state index in [9.17, 15) is 14.7 Å². The van der Waals surface area contributed by atoms with Gasteiger partial charge in [-0.2, -0.15) is 0 Å². The molecule has 5 nitrogen and oxygen atoms in total. The monoisotopic (exact) mass is 294 g/mol. The van der Waals surface area contributed by atoms with Crippen molar-refractivity contribution in [3.05, 3.63) is 0 Å². The molecule has 2 bridgehead atoms. The van der Waals surface area contributed by atoms with E-state index in [1.165, 1.54) is 12.8 Å². The van der Waals surface area contributed by atoms with Crippen molar-refractivity contribution < 1.29 is 14.7 Å². The van der Waals surface area contributed by atoms with E-state index in [4.69, 9.17) is 0 Å². The van der Waals surface area contributed by atoms with Crippen molar-refractivity contribution in [2.75, 3.05) is 0 Å². The molecule has 2 aliphatic heterocycles. The maximum absolute atomic E-state index is 12.6. The van der Waals surface area contributed by atoms with E-state index in [-0.39, 0.29) is 30.1 Å². The Balaban J connectivity index is 1.65. The Morgan fingerprint density at radius 3 is 2.57 bits per heavy atom. The van der Waals surface area contributed by atoms with Gasteiger partial charge in [0.25, 0.3) is 0 Å². The van der Waals surface area contributed by atoms with Crippen molar-refractivity contribution in [1.82, 2.24) is 10.2 Å². The predicted octanol–water partition coefficient (Wildman–Crippen LogP) is 2.46. The predicted molar refractivity (Wildman–Crippen MR) is 78.9 cm³/mol. The van der Waals surface area contributed by atoms with Crippen molar-refractivity contribution in [3.8, 4) is 0 Å². The van der Waals surface area contributed by atoms with Crippen LogP contribution < -0.4 is 5.32 Å². The number of nitrogens with zero attached hydrogens (tertiary/aromatic N) is 1. The highest BCUT2D eigenvalue weighted by molar-refractivity contribution is 5.79. The van der Waals surface area contributed by atoms with Gasteiger partial charge in [-0.1, -0.05) is 26.7 Å². The molecule has 0 aromatic rings. The summed E-state index contributed by atoms with van der Waals surface area (Å²) in [4.78, 5) is 25.7. The SMILES string of the molecule is CC1CCCC(NC(=O)N2C3CCC2C(C(=O)O)C3)C1C. The second kappa shape index (κ2) is 5.50. The number of carboxylic acid groups (broad SMARTS) is 1. The Bertz CT molecular complexity index is 439. The van der Waals surface area contributed by atoms with Crippen molar-refractivity contribution in [2.24, 2.45) is 17.8 Å². The molecule has 3 aliphatic rings. The Morgan fingerprint density at radius 2 is 1.90 bits per heavy atom. The molecule has 2 saturated heterocycles. The molecule has 1 saturated carbocycles. The summed E-state index contributed by atoms with van der Waals surface area (Å²) >= 11 is 0. The molecule has 0 aromatic carbocycles. The van der Waals surface area contributed by atoms with E-state index in [1.54, 1.807) is 0 Å². The molecule has 2 N–H and O–H groups in total. The first-order valence-electron chi connectivity index (χ1n) is 8.30. The van der Waals surface area contributed by atoms with Gasteiger partial charge in [-0.25, -0.2) is 4.79 Å². The molecule has 1 aliphatic carbocycles. The minimum Gasteiger partial charge on any atom is -0.481 e. The van der Waals surface area contributed by atoms with E-state index >= 15 is 0 Å². The number of carbonyl (C=O) groups is 2. The van der Waals surface area contributed by atoms with Crippen LogP contribution in [0.4, 0.5) is 4.79 Å². The summed E-state index contributed by atoms with van der Waals surface area (Å²) in [6.45, 7) is 4.47. The lowest BCUT2D eigenvalue weighted by atomic mass is 9.78. The van der Waals surface area contributed by atoms with Crippen LogP contribution in [0.2, 0.25) is 0 Å². The van der Waals surface area contributed by atoms with Crippen LogP contribution in [0.3, 0.4) is 0 Å². The second-order valence-corrected chi connectivity index (χ2v) is 7.21. The van der Waals surface area contributed by atoms with Gasteiger partial charge in [-0.05, 0) is 37.5 Å². The van der Waals surface area contributed by atoms with Crippen LogP contribution in [0.15, 0.2) is 0 Å². The van der Waals surface area contributed by atoms with Crippen molar-refractivity contribution in [2.45, 2.75) is 70.5 Å². The minimum absolute atomic E-state index is 0.0304. The van der Waals surface area contributed by atoms with E-state index < -0.39 is 5.97 Å². The largest absolute Gasteiger partial charge is 0.481 e. The van der Waals surface area contributed by atoms with Crippen molar-refractivity contribution in [1.29, 1.82) is 0 Å². The van der Waals surface area contributed by atoms with Gasteiger partial charge >= 0.3 is 12.0 Å². The zero-order chi connectivity index (χ0) is 15.1. The van der Waals surface area contributed by atoms with Crippen molar-refractivity contribution >= 4 is 12.0 Å². The van der Waals surface area contributed by atoms with Gasteiger partial charge < -0.3 is 15.3 Å². The molecule has 0 aromatic heterocycles. The summed E-state index contributed by atoms with van der Waals surface area (Å²) in [5.74, 6) is 0.0289. The molecule has 21 heavy (non-hydrogen) atoms. The fraction of sp³-hybridized carbons (Fsp3) is 0.875. The number of rotatable bonds is 2. The second-order valence-electron chi connectivity index (χ2n) is 7.21. The first-order valence-corrected chi connectivity index (χ1v) is 8.30. The van der Waals surface area contributed by atoms with E-state index in [1.807, 2.05) is 4.90 Å². The van der Waals surface area contributed by atoms with Crippen molar-refractivity contribution in [3.63, 3.8) is 0 Å². The number of carbonyl (C=O) groups excluding carboxylic acids is 1. The van der Waals surface area contributed by atoms with Gasteiger partial charge in [0.1, 0.15) is 0 Å². The fourth-order valence-corrected chi connectivity index (χ4v) is 4.59. The quantitative estimate of drug-likeness (QED) is 0.822. The maximum Gasteiger partial charge on any atom is 0.318 e. The summed E-state index contributed by atoms with van der Waals surface area (Å²) in [6, 6.07) is 0.248. The van der Waals surface area contributed by atoms with Gasteiger partial charge in [0.2, 0.25) is 0 Å². The lowest BCUT2D eigenvalue weighted by molar-refractivity contribution is -0.142. The van der Waals surface area contributed by atoms with E-state index in [2.05, 4.69) is 19.2 Å². The number of carboxylic acids is 1. The first-order chi connectivity index (χ1) is 9.99. The maximum atomic E-state index is 12.6. The Morgan fingerprint density at radius 1 is 1.14 bits per heavy atom. The molecule has 6 unspecified atom stereocenters. The topological polar surface area (TPSA) is 69.6 Å². The molecule has 0 radical (unpaired) electrons. The zero-order valence-corrected chi connectivity index (χ0v) is 12.9. The standard InChI is InChI=1S/C16H26N2O3/c1-9-4-3-5-13(10(9)2)17-16(21)18-11-6-7-14(18)12(8-11)15(19)20/h9-14H,3-8H2,1-2H3,(H,17,21)(H,19,20). The fourth-order valence-electron chi connectivity index (χ4n) is 4.59. The Kier molecular flexibility index (Phi) is 3.84. The summed E-state index contributed by atoms with van der Waals surface area (Å²) in [5, 5.41) is 12.5. The number of nitrogens with one attached hydrogen (secondary N) is 1. The summed E-state index contributed by atoms with van der Waals surface area (Å²) in [6.07, 6.45) is 5.88. The number of hydrogen-bond donors (Lipinski definition) is 2. The number of amides is 2. The molecule has 0 spiro atoms. The molecule has 2 heterocycles. The minimum atomic E-state index is -0.750. The zero-order valence-electron chi connectivity index (χ0n) is 12.9. The summed E-state index contributed by atoms with van der Waals surface area (Å²) in [5.41, 5.74) is 0. The Labute approximate surface area is 126 Å². The van der Waals surface area contributed by atoms with Crippen LogP contribution in [-0.4, -0.2) is 40.1 Å². The Hall–Kier alpha value is -1.26. The highest BCUT2D eigenvalue weighted by Gasteiger charge is 2.51. The first kappa shape index (κ1) is 14.7. The van der Waals surface area contributed by atoms with E-state index in [0.29, 0.717) is 18.3 Å². The van der Waals surface area contributed by atoms with Crippen LogP contribution >= 0.6 is 0 Å². The molecule has 5 heteroatoms. The molecule has 118 valence electrons. The number of urea groups is 1. The number of fused-ring (bicyclic) bond motifs is 2. The molecular formula is C16H26N2O3. The third kappa shape index (κ3) is 2.51. The smallest absolute Gasteiger partial charge is 0.318 e. The highest BCUT2D eigenvalue weighted by atomic mass is 16.4.